The molecule has 2 aromatic rings. The van der Waals surface area contributed by atoms with Crippen LogP contribution in [0.3, 0.4) is 0 Å². The predicted octanol–water partition coefficient (Wildman–Crippen LogP) is 0.967. The number of fused-ring (bicyclic) bond motifs is 1. The highest BCUT2D eigenvalue weighted by Gasteiger charge is 2.21. The lowest BCUT2D eigenvalue weighted by molar-refractivity contribution is 0.158. The van der Waals surface area contributed by atoms with Crippen LogP contribution in [0.15, 0.2) is 36.5 Å². The van der Waals surface area contributed by atoms with Gasteiger partial charge >= 0.3 is 0 Å². The normalized spacial score (nSPS) is 20.8. The second-order valence-electron chi connectivity index (χ2n) is 5.06. The minimum Gasteiger partial charge on any atom is -0.329 e. The molecule has 4 nitrogen and oxygen atoms in total. The van der Waals surface area contributed by atoms with E-state index in [4.69, 9.17) is 5.73 Å². The van der Waals surface area contributed by atoms with Gasteiger partial charge in [0, 0.05) is 50.3 Å². The highest BCUT2D eigenvalue weighted by molar-refractivity contribution is 5.81. The number of nitrogens with two attached hydrogens (primary N) is 1. The molecule has 3 N–H and O–H groups in total. The Morgan fingerprint density at radius 1 is 1.32 bits per heavy atom. The van der Waals surface area contributed by atoms with Crippen LogP contribution in [-0.4, -0.2) is 42.1 Å². The van der Waals surface area contributed by atoms with Gasteiger partial charge in [-0.15, -0.1) is 0 Å². The highest BCUT2D eigenvalue weighted by atomic mass is 15.2. The lowest BCUT2D eigenvalue weighted by Gasteiger charge is -2.35. The molecule has 0 spiro atoms. The number of rotatable bonds is 3. The van der Waals surface area contributed by atoms with Gasteiger partial charge in [0.2, 0.25) is 0 Å². The molecule has 1 aliphatic heterocycles. The zero-order valence-electron chi connectivity index (χ0n) is 11.0. The molecule has 1 saturated heterocycles. The quantitative estimate of drug-likeness (QED) is 0.859. The molecule has 100 valence electrons. The molecule has 1 fully saturated rings. The molecule has 19 heavy (non-hydrogen) atoms. The van der Waals surface area contributed by atoms with Crippen LogP contribution in [0.1, 0.15) is 5.56 Å². The smallest absolute Gasteiger partial charge is 0.0746 e. The van der Waals surface area contributed by atoms with E-state index in [2.05, 4.69) is 39.5 Å². The van der Waals surface area contributed by atoms with E-state index in [-0.39, 0.29) is 0 Å². The third kappa shape index (κ3) is 2.61. The molecular weight excluding hydrogens is 236 g/mol. The predicted molar refractivity (Wildman–Crippen MR) is 77.9 cm³/mol. The summed E-state index contributed by atoms with van der Waals surface area (Å²) >= 11 is 0. The first kappa shape index (κ1) is 12.5. The Morgan fingerprint density at radius 3 is 3.11 bits per heavy atom. The summed E-state index contributed by atoms with van der Waals surface area (Å²) in [6.07, 6.45) is 1.87. The van der Waals surface area contributed by atoms with Crippen LogP contribution in [0.2, 0.25) is 0 Å². The van der Waals surface area contributed by atoms with Crippen molar-refractivity contribution in [2.24, 2.45) is 5.73 Å². The van der Waals surface area contributed by atoms with Crippen molar-refractivity contribution < 1.29 is 0 Å². The van der Waals surface area contributed by atoms with Gasteiger partial charge in [0.15, 0.2) is 0 Å². The average Bonchev–Trinajstić information content (AvgIpc) is 2.48. The van der Waals surface area contributed by atoms with Gasteiger partial charge in [-0.2, -0.15) is 0 Å². The highest BCUT2D eigenvalue weighted by Crippen LogP contribution is 2.19. The third-order valence-electron chi connectivity index (χ3n) is 3.83. The number of hydrogen-bond donors (Lipinski definition) is 2. The van der Waals surface area contributed by atoms with E-state index >= 15 is 0 Å². The molecule has 1 atom stereocenters. The van der Waals surface area contributed by atoms with Gasteiger partial charge in [-0.3, -0.25) is 9.88 Å². The van der Waals surface area contributed by atoms with E-state index in [0.29, 0.717) is 12.6 Å². The monoisotopic (exact) mass is 256 g/mol. The first-order valence-electron chi connectivity index (χ1n) is 6.86. The van der Waals surface area contributed by atoms with Gasteiger partial charge in [-0.1, -0.05) is 24.3 Å². The molecule has 2 heterocycles. The topological polar surface area (TPSA) is 54.2 Å². The van der Waals surface area contributed by atoms with Crippen molar-refractivity contribution in [3.05, 3.63) is 42.1 Å². The van der Waals surface area contributed by atoms with Gasteiger partial charge in [0.1, 0.15) is 0 Å². The molecular formula is C15H20N4. The maximum Gasteiger partial charge on any atom is 0.0746 e. The Bertz CT molecular complexity index is 549. The van der Waals surface area contributed by atoms with Gasteiger partial charge in [-0.05, 0) is 11.6 Å². The Labute approximate surface area is 113 Å². The molecule has 1 unspecified atom stereocenters. The molecule has 1 aromatic heterocycles. The van der Waals surface area contributed by atoms with E-state index in [1.54, 1.807) is 0 Å². The van der Waals surface area contributed by atoms with Crippen LogP contribution in [0.5, 0.6) is 0 Å². The van der Waals surface area contributed by atoms with Gasteiger partial charge in [0.05, 0.1) is 5.52 Å². The maximum atomic E-state index is 5.86. The third-order valence-corrected chi connectivity index (χ3v) is 3.83. The van der Waals surface area contributed by atoms with Crippen molar-refractivity contribution in [3.63, 3.8) is 0 Å². The fraction of sp³-hybridized carbons (Fsp3) is 0.400. The Hall–Kier alpha value is -1.49. The second kappa shape index (κ2) is 5.65. The number of piperazine rings is 1. The lowest BCUT2D eigenvalue weighted by atomic mass is 10.1. The van der Waals surface area contributed by atoms with Crippen molar-refractivity contribution >= 4 is 10.9 Å². The summed E-state index contributed by atoms with van der Waals surface area (Å²) in [6, 6.07) is 10.9. The van der Waals surface area contributed by atoms with E-state index in [0.717, 1.165) is 31.7 Å². The van der Waals surface area contributed by atoms with Gasteiger partial charge in [0.25, 0.3) is 0 Å². The first-order valence-corrected chi connectivity index (χ1v) is 6.86. The number of hydrogen-bond acceptors (Lipinski definition) is 4. The molecule has 0 aliphatic carbocycles. The van der Waals surface area contributed by atoms with Gasteiger partial charge < -0.3 is 11.1 Å². The summed E-state index contributed by atoms with van der Waals surface area (Å²) in [4.78, 5) is 6.98. The molecule has 4 heteroatoms. The van der Waals surface area contributed by atoms with Crippen LogP contribution >= 0.6 is 0 Å². The number of pyridine rings is 1. The fourth-order valence-corrected chi connectivity index (χ4v) is 2.76. The Kier molecular flexibility index (Phi) is 3.73. The molecule has 0 radical (unpaired) electrons. The Morgan fingerprint density at radius 2 is 2.21 bits per heavy atom. The van der Waals surface area contributed by atoms with Crippen LogP contribution in [0.4, 0.5) is 0 Å². The fourth-order valence-electron chi connectivity index (χ4n) is 2.76. The Balaban J connectivity index is 1.88. The number of nitrogens with zero attached hydrogens (tertiary/aromatic N) is 2. The zero-order valence-corrected chi connectivity index (χ0v) is 11.0. The molecule has 0 bridgehead atoms. The van der Waals surface area contributed by atoms with Crippen LogP contribution in [0.25, 0.3) is 10.9 Å². The molecule has 0 amide bonds. The number of para-hydroxylation sites is 1. The molecule has 3 rings (SSSR count). The van der Waals surface area contributed by atoms with Crippen molar-refractivity contribution in [1.29, 1.82) is 0 Å². The van der Waals surface area contributed by atoms with E-state index in [1.165, 1.54) is 10.9 Å². The molecule has 1 aliphatic rings. The minimum atomic E-state index is 0.424. The first-order chi connectivity index (χ1) is 9.38. The average molecular weight is 256 g/mol. The minimum absolute atomic E-state index is 0.424. The van der Waals surface area contributed by atoms with Crippen molar-refractivity contribution in [2.45, 2.75) is 12.6 Å². The summed E-state index contributed by atoms with van der Waals surface area (Å²) in [6.45, 7) is 4.69. The number of nitrogens with one attached hydrogen (secondary N) is 1. The van der Waals surface area contributed by atoms with Crippen molar-refractivity contribution in [1.82, 2.24) is 15.2 Å². The number of benzene rings is 1. The molecule has 1 aromatic carbocycles. The van der Waals surface area contributed by atoms with Gasteiger partial charge in [-0.25, -0.2) is 0 Å². The van der Waals surface area contributed by atoms with Crippen LogP contribution in [0, 0.1) is 0 Å². The maximum absolute atomic E-state index is 5.86. The standard InChI is InChI=1S/C15H20N4/c16-9-14-10-17-7-8-19(14)11-13-4-1-3-12-5-2-6-18-15(12)13/h1-6,14,17H,7-11,16H2. The largest absolute Gasteiger partial charge is 0.329 e. The zero-order chi connectivity index (χ0) is 13.1. The van der Waals surface area contributed by atoms with Crippen LogP contribution in [-0.2, 0) is 6.54 Å². The van der Waals surface area contributed by atoms with E-state index in [9.17, 15) is 0 Å². The second-order valence-corrected chi connectivity index (χ2v) is 5.06. The summed E-state index contributed by atoms with van der Waals surface area (Å²) in [5, 5.41) is 4.61. The lowest BCUT2D eigenvalue weighted by Crippen LogP contribution is -2.53. The molecule has 0 saturated carbocycles. The number of aromatic nitrogens is 1. The summed E-state index contributed by atoms with van der Waals surface area (Å²) < 4.78 is 0. The van der Waals surface area contributed by atoms with E-state index < -0.39 is 0 Å². The summed E-state index contributed by atoms with van der Waals surface area (Å²) in [5.41, 5.74) is 8.26. The van der Waals surface area contributed by atoms with Crippen molar-refractivity contribution in [2.75, 3.05) is 26.2 Å². The summed E-state index contributed by atoms with van der Waals surface area (Å²) in [5.74, 6) is 0. The summed E-state index contributed by atoms with van der Waals surface area (Å²) in [7, 11) is 0. The SMILES string of the molecule is NCC1CNCCN1Cc1cccc2cccnc12. The van der Waals surface area contributed by atoms with Crippen molar-refractivity contribution in [3.8, 4) is 0 Å². The van der Waals surface area contributed by atoms with Crippen LogP contribution < -0.4 is 11.1 Å². The van der Waals surface area contributed by atoms with E-state index in [1.807, 2.05) is 12.3 Å².